The number of benzene rings is 3. The van der Waals surface area contributed by atoms with Gasteiger partial charge in [-0.1, -0.05) is 84.9 Å². The molecule has 1 heteroatoms. The maximum absolute atomic E-state index is 11.2. The van der Waals surface area contributed by atoms with Crippen molar-refractivity contribution >= 4 is 11.9 Å². The van der Waals surface area contributed by atoms with E-state index in [1.165, 1.54) is 35.1 Å². The van der Waals surface area contributed by atoms with Crippen molar-refractivity contribution in [3.05, 3.63) is 113 Å². The zero-order valence-electron chi connectivity index (χ0n) is 16.3. The van der Waals surface area contributed by atoms with Gasteiger partial charge in [-0.15, -0.1) is 0 Å². The second-order valence-electron chi connectivity index (χ2n) is 7.70. The van der Waals surface area contributed by atoms with Crippen molar-refractivity contribution in [1.29, 1.82) is 0 Å². The van der Waals surface area contributed by atoms with Gasteiger partial charge in [0.15, 0.2) is 5.78 Å². The molecule has 3 aromatic rings. The fourth-order valence-corrected chi connectivity index (χ4v) is 4.46. The summed E-state index contributed by atoms with van der Waals surface area (Å²) in [5.74, 6) is 0.904. The van der Waals surface area contributed by atoms with Gasteiger partial charge in [0.2, 0.25) is 0 Å². The number of hydrogen-bond donors (Lipinski definition) is 0. The minimum atomic E-state index is 0.0749. The van der Waals surface area contributed by atoms with Gasteiger partial charge >= 0.3 is 0 Å². The summed E-state index contributed by atoms with van der Waals surface area (Å²) < 4.78 is 0. The average molecular weight is 367 g/mol. The fraction of sp³-hybridized carbons (Fsp3) is 0.222. The van der Waals surface area contributed by atoms with E-state index >= 15 is 0 Å². The van der Waals surface area contributed by atoms with E-state index in [2.05, 4.69) is 78.9 Å². The van der Waals surface area contributed by atoms with Gasteiger partial charge in [-0.25, -0.2) is 0 Å². The summed E-state index contributed by atoms with van der Waals surface area (Å²) in [5.41, 5.74) is 6.78. The normalized spacial score (nSPS) is 19.2. The summed E-state index contributed by atoms with van der Waals surface area (Å²) in [5, 5.41) is 0. The Bertz CT molecular complexity index is 967. The molecule has 0 N–H and O–H groups in total. The van der Waals surface area contributed by atoms with Gasteiger partial charge in [-0.2, -0.15) is 0 Å². The third kappa shape index (κ3) is 3.99. The van der Waals surface area contributed by atoms with Crippen LogP contribution in [0.2, 0.25) is 0 Å². The molecule has 1 aliphatic carbocycles. The van der Waals surface area contributed by atoms with Crippen LogP contribution in [-0.4, -0.2) is 5.78 Å². The summed E-state index contributed by atoms with van der Waals surface area (Å²) >= 11 is 0. The molecular formula is C27H26O. The molecule has 2 atom stereocenters. The van der Waals surface area contributed by atoms with Crippen molar-refractivity contribution in [2.45, 2.75) is 38.0 Å². The molecule has 0 saturated heterocycles. The molecule has 0 aromatic heterocycles. The topological polar surface area (TPSA) is 17.1 Å². The Kier molecular flexibility index (Phi) is 5.53. The van der Waals surface area contributed by atoms with Crippen LogP contribution in [0.25, 0.3) is 6.08 Å². The highest BCUT2D eigenvalue weighted by Crippen LogP contribution is 2.45. The van der Waals surface area contributed by atoms with Gasteiger partial charge in [-0.3, -0.25) is 4.79 Å². The smallest absolute Gasteiger partial charge is 0.152 e. The zero-order chi connectivity index (χ0) is 19.3. The number of carbonyl (C=O) groups is 1. The monoisotopic (exact) mass is 366 g/mol. The highest BCUT2D eigenvalue weighted by molar-refractivity contribution is 5.91. The molecular weight excluding hydrogens is 340 g/mol. The highest BCUT2D eigenvalue weighted by Gasteiger charge is 2.30. The van der Waals surface area contributed by atoms with E-state index < -0.39 is 0 Å². The molecule has 28 heavy (non-hydrogen) atoms. The Balaban J connectivity index is 1.78. The molecule has 4 rings (SSSR count). The van der Waals surface area contributed by atoms with Crippen molar-refractivity contribution in [2.75, 3.05) is 0 Å². The van der Waals surface area contributed by atoms with Gasteiger partial charge in [0, 0.05) is 5.92 Å². The minimum Gasteiger partial charge on any atom is -0.295 e. The molecule has 0 fully saturated rings. The largest absolute Gasteiger partial charge is 0.295 e. The lowest BCUT2D eigenvalue weighted by Crippen LogP contribution is -2.12. The first kappa shape index (κ1) is 18.4. The lowest BCUT2D eigenvalue weighted by Gasteiger charge is -2.28. The molecule has 0 radical (unpaired) electrons. The second-order valence-corrected chi connectivity index (χ2v) is 7.70. The van der Waals surface area contributed by atoms with Crippen LogP contribution in [0.3, 0.4) is 0 Å². The number of hydrogen-bond acceptors (Lipinski definition) is 1. The van der Waals surface area contributed by atoms with E-state index in [4.69, 9.17) is 0 Å². The van der Waals surface area contributed by atoms with E-state index in [1.807, 2.05) is 6.08 Å². The van der Waals surface area contributed by atoms with E-state index in [-0.39, 0.29) is 5.78 Å². The van der Waals surface area contributed by atoms with Crippen LogP contribution in [0.4, 0.5) is 0 Å². The van der Waals surface area contributed by atoms with Crippen LogP contribution in [-0.2, 0) is 11.2 Å². The van der Waals surface area contributed by atoms with Crippen molar-refractivity contribution in [2.24, 2.45) is 0 Å². The number of ketones is 1. The summed E-state index contributed by atoms with van der Waals surface area (Å²) in [6, 6.07) is 28.6. The Morgan fingerprint density at radius 2 is 1.57 bits per heavy atom. The Morgan fingerprint density at radius 3 is 2.32 bits per heavy atom. The van der Waals surface area contributed by atoms with Crippen LogP contribution < -0.4 is 0 Å². The molecule has 0 amide bonds. The molecule has 1 aliphatic rings. The van der Waals surface area contributed by atoms with Gasteiger partial charge in [0.25, 0.3) is 0 Å². The number of fused-ring (bicyclic) bond motifs is 1. The summed E-state index contributed by atoms with van der Waals surface area (Å²) in [4.78, 5) is 11.2. The zero-order valence-corrected chi connectivity index (χ0v) is 16.3. The second kappa shape index (κ2) is 8.39. The lowest BCUT2D eigenvalue weighted by atomic mass is 9.76. The third-order valence-corrected chi connectivity index (χ3v) is 5.79. The molecule has 0 saturated carbocycles. The number of carbonyl (C=O) groups excluding carboxylic acids is 1. The van der Waals surface area contributed by atoms with Crippen molar-refractivity contribution in [3.8, 4) is 0 Å². The van der Waals surface area contributed by atoms with E-state index in [1.54, 1.807) is 13.0 Å². The van der Waals surface area contributed by atoms with E-state index in [0.717, 1.165) is 12.0 Å². The van der Waals surface area contributed by atoms with Crippen LogP contribution in [0.5, 0.6) is 0 Å². The summed E-state index contributed by atoms with van der Waals surface area (Å²) in [6.07, 6.45) is 7.07. The SMILES string of the molecule is CC(=O)/C=C/c1ccc(C2c3ccccc3CCCC2c2ccccc2)cc1. The standard InChI is InChI=1S/C27H26O/c1-20(28)14-15-21-16-18-24(19-17-21)27-25-12-6-5-10-23(25)11-7-13-26(27)22-8-3-2-4-9-22/h2-6,8-10,12,14-19,26-27H,7,11,13H2,1H3/b15-14+. The first-order valence-corrected chi connectivity index (χ1v) is 10.1. The minimum absolute atomic E-state index is 0.0749. The summed E-state index contributed by atoms with van der Waals surface area (Å²) in [7, 11) is 0. The van der Waals surface area contributed by atoms with Gasteiger partial charge in [-0.05, 0) is 66.0 Å². The van der Waals surface area contributed by atoms with E-state index in [0.29, 0.717) is 11.8 Å². The molecule has 0 bridgehead atoms. The van der Waals surface area contributed by atoms with Crippen molar-refractivity contribution < 1.29 is 4.79 Å². The van der Waals surface area contributed by atoms with Crippen LogP contribution >= 0.6 is 0 Å². The molecule has 0 aliphatic heterocycles. The quantitative estimate of drug-likeness (QED) is 0.378. The molecule has 3 aromatic carbocycles. The first-order valence-electron chi connectivity index (χ1n) is 10.1. The summed E-state index contributed by atoms with van der Waals surface area (Å²) in [6.45, 7) is 1.58. The molecule has 0 heterocycles. The predicted octanol–water partition coefficient (Wildman–Crippen LogP) is 6.54. The average Bonchev–Trinajstić information content (AvgIpc) is 2.93. The van der Waals surface area contributed by atoms with Crippen molar-refractivity contribution in [3.63, 3.8) is 0 Å². The third-order valence-electron chi connectivity index (χ3n) is 5.79. The van der Waals surface area contributed by atoms with Crippen LogP contribution in [0.1, 0.15) is 59.4 Å². The van der Waals surface area contributed by atoms with Gasteiger partial charge in [0.1, 0.15) is 0 Å². The molecule has 0 spiro atoms. The van der Waals surface area contributed by atoms with Crippen molar-refractivity contribution in [1.82, 2.24) is 0 Å². The van der Waals surface area contributed by atoms with Crippen LogP contribution in [0.15, 0.2) is 84.9 Å². The maximum atomic E-state index is 11.2. The Labute approximate surface area is 167 Å². The Morgan fingerprint density at radius 1 is 0.857 bits per heavy atom. The number of rotatable bonds is 4. The van der Waals surface area contributed by atoms with Gasteiger partial charge < -0.3 is 0 Å². The fourth-order valence-electron chi connectivity index (χ4n) is 4.46. The Hall–Kier alpha value is -2.93. The predicted molar refractivity (Wildman–Crippen MR) is 117 cm³/mol. The van der Waals surface area contributed by atoms with Gasteiger partial charge in [0.05, 0.1) is 0 Å². The number of aryl methyl sites for hydroxylation is 1. The first-order chi connectivity index (χ1) is 13.7. The molecule has 2 unspecified atom stereocenters. The number of allylic oxidation sites excluding steroid dienone is 1. The molecule has 1 nitrogen and oxygen atoms in total. The van der Waals surface area contributed by atoms with E-state index in [9.17, 15) is 4.79 Å². The lowest BCUT2D eigenvalue weighted by molar-refractivity contribution is -0.112. The maximum Gasteiger partial charge on any atom is 0.152 e. The van der Waals surface area contributed by atoms with Crippen LogP contribution in [0, 0.1) is 0 Å². The highest BCUT2D eigenvalue weighted by atomic mass is 16.1. The molecule has 140 valence electrons.